The molecule has 0 saturated heterocycles. The summed E-state index contributed by atoms with van der Waals surface area (Å²) >= 11 is 0. The number of rotatable bonds is 4. The first-order valence-corrected chi connectivity index (χ1v) is 7.07. The number of aryl methyl sites for hydroxylation is 1. The van der Waals surface area contributed by atoms with Gasteiger partial charge in [-0.3, -0.25) is 9.48 Å². The van der Waals surface area contributed by atoms with Gasteiger partial charge in [-0.15, -0.1) is 0 Å². The van der Waals surface area contributed by atoms with Crippen molar-refractivity contribution in [3.8, 4) is 0 Å². The van der Waals surface area contributed by atoms with Crippen molar-refractivity contribution in [1.29, 1.82) is 0 Å². The normalized spacial score (nSPS) is 29.7. The maximum atomic E-state index is 12.0. The molecule has 1 N–H and O–H groups in total. The van der Waals surface area contributed by atoms with E-state index in [4.69, 9.17) is 0 Å². The third-order valence-electron chi connectivity index (χ3n) is 4.57. The van der Waals surface area contributed by atoms with E-state index in [1.807, 2.05) is 17.8 Å². The third kappa shape index (κ3) is 2.28. The smallest absolute Gasteiger partial charge is 0.224 e. The molecule has 0 aromatic carbocycles. The van der Waals surface area contributed by atoms with Gasteiger partial charge >= 0.3 is 0 Å². The van der Waals surface area contributed by atoms with Gasteiger partial charge in [-0.2, -0.15) is 5.10 Å². The molecule has 2 aliphatic rings. The highest BCUT2D eigenvalue weighted by Gasteiger charge is 2.40. The zero-order valence-corrected chi connectivity index (χ0v) is 10.9. The molecule has 0 spiro atoms. The molecular weight excluding hydrogens is 226 g/mol. The Balaban J connectivity index is 1.52. The fourth-order valence-corrected chi connectivity index (χ4v) is 3.68. The molecular formula is C14H21N3O. The van der Waals surface area contributed by atoms with Gasteiger partial charge in [0.05, 0.1) is 11.9 Å². The second-order valence-corrected chi connectivity index (χ2v) is 5.77. The largest absolute Gasteiger partial charge is 0.323 e. The molecule has 4 nitrogen and oxygen atoms in total. The van der Waals surface area contributed by atoms with Crippen molar-refractivity contribution in [3.63, 3.8) is 0 Å². The average Bonchev–Trinajstić information content (AvgIpc) is 3.04. The predicted octanol–water partition coefficient (Wildman–Crippen LogP) is 2.67. The highest BCUT2D eigenvalue weighted by Crippen LogP contribution is 2.49. The molecule has 2 fully saturated rings. The van der Waals surface area contributed by atoms with Crippen molar-refractivity contribution < 1.29 is 4.79 Å². The Bertz CT molecular complexity index is 440. The van der Waals surface area contributed by atoms with E-state index in [2.05, 4.69) is 10.4 Å². The van der Waals surface area contributed by atoms with Crippen molar-refractivity contribution in [2.24, 2.45) is 17.8 Å². The zero-order valence-electron chi connectivity index (χ0n) is 10.9. The molecule has 2 bridgehead atoms. The molecule has 0 unspecified atom stereocenters. The fourth-order valence-electron chi connectivity index (χ4n) is 3.68. The van der Waals surface area contributed by atoms with Crippen LogP contribution in [0.2, 0.25) is 0 Å². The Hall–Kier alpha value is -1.32. The summed E-state index contributed by atoms with van der Waals surface area (Å²) in [5.41, 5.74) is 0.824. The van der Waals surface area contributed by atoms with Crippen LogP contribution in [0.3, 0.4) is 0 Å². The molecule has 1 amide bonds. The molecule has 1 aromatic rings. The molecule has 98 valence electrons. The minimum Gasteiger partial charge on any atom is -0.323 e. The van der Waals surface area contributed by atoms with Crippen LogP contribution in [0.25, 0.3) is 0 Å². The van der Waals surface area contributed by atoms with E-state index >= 15 is 0 Å². The molecule has 2 saturated carbocycles. The van der Waals surface area contributed by atoms with Crippen molar-refractivity contribution in [3.05, 3.63) is 12.4 Å². The lowest BCUT2D eigenvalue weighted by atomic mass is 9.86. The summed E-state index contributed by atoms with van der Waals surface area (Å²) in [6.45, 7) is 2.87. The first kappa shape index (κ1) is 11.8. The van der Waals surface area contributed by atoms with Gasteiger partial charge < -0.3 is 5.32 Å². The molecule has 4 heteroatoms. The summed E-state index contributed by atoms with van der Waals surface area (Å²) in [4.78, 5) is 12.0. The topological polar surface area (TPSA) is 46.9 Å². The Morgan fingerprint density at radius 2 is 2.39 bits per heavy atom. The number of nitrogens with zero attached hydrogens (tertiary/aromatic N) is 2. The van der Waals surface area contributed by atoms with Crippen LogP contribution in [-0.2, 0) is 11.3 Å². The Kier molecular flexibility index (Phi) is 3.10. The SMILES string of the molecule is CCn1cc(NC(=O)C[C@H]2C[C@H]3CC[C@H]2C3)cn1. The van der Waals surface area contributed by atoms with Crippen molar-refractivity contribution in [2.75, 3.05) is 5.32 Å². The number of amides is 1. The van der Waals surface area contributed by atoms with E-state index < -0.39 is 0 Å². The molecule has 3 rings (SSSR count). The van der Waals surface area contributed by atoms with E-state index in [0.717, 1.165) is 24.1 Å². The van der Waals surface area contributed by atoms with Crippen molar-refractivity contribution in [2.45, 2.75) is 45.6 Å². The minimum absolute atomic E-state index is 0.156. The average molecular weight is 247 g/mol. The number of aromatic nitrogens is 2. The standard InChI is InChI=1S/C14H21N3O/c1-2-17-9-13(8-15-17)16-14(18)7-12-6-10-3-4-11(12)5-10/h8-12H,2-7H2,1H3,(H,16,18)/t10-,11-,12+/m0/s1. The third-order valence-corrected chi connectivity index (χ3v) is 4.57. The zero-order chi connectivity index (χ0) is 12.5. The summed E-state index contributed by atoms with van der Waals surface area (Å²) < 4.78 is 1.83. The van der Waals surface area contributed by atoms with Gasteiger partial charge in [0.25, 0.3) is 0 Å². The van der Waals surface area contributed by atoms with E-state index in [1.54, 1.807) is 6.20 Å². The molecule has 2 aliphatic carbocycles. The summed E-state index contributed by atoms with van der Waals surface area (Å²) in [5.74, 6) is 2.52. The minimum atomic E-state index is 0.156. The molecule has 1 heterocycles. The molecule has 1 aromatic heterocycles. The van der Waals surface area contributed by atoms with Gasteiger partial charge in [0.2, 0.25) is 5.91 Å². The van der Waals surface area contributed by atoms with Gasteiger partial charge in [-0.05, 0) is 43.9 Å². The maximum Gasteiger partial charge on any atom is 0.224 e. The Morgan fingerprint density at radius 1 is 1.50 bits per heavy atom. The highest BCUT2D eigenvalue weighted by molar-refractivity contribution is 5.90. The van der Waals surface area contributed by atoms with Crippen LogP contribution in [0.4, 0.5) is 5.69 Å². The summed E-state index contributed by atoms with van der Waals surface area (Å²) in [5, 5.41) is 7.12. The lowest BCUT2D eigenvalue weighted by molar-refractivity contribution is -0.117. The first-order valence-electron chi connectivity index (χ1n) is 7.07. The second-order valence-electron chi connectivity index (χ2n) is 5.77. The monoisotopic (exact) mass is 247 g/mol. The first-order chi connectivity index (χ1) is 8.74. The lowest BCUT2D eigenvalue weighted by Gasteiger charge is -2.20. The van der Waals surface area contributed by atoms with Crippen LogP contribution in [0.15, 0.2) is 12.4 Å². The molecule has 0 radical (unpaired) electrons. The van der Waals surface area contributed by atoms with Crippen LogP contribution in [0.1, 0.15) is 39.0 Å². The quantitative estimate of drug-likeness (QED) is 0.889. The molecule has 18 heavy (non-hydrogen) atoms. The molecule has 0 aliphatic heterocycles. The van der Waals surface area contributed by atoms with Crippen LogP contribution in [-0.4, -0.2) is 15.7 Å². The van der Waals surface area contributed by atoms with E-state index in [1.165, 1.54) is 25.7 Å². The second kappa shape index (κ2) is 4.75. The number of hydrogen-bond acceptors (Lipinski definition) is 2. The Morgan fingerprint density at radius 3 is 3.00 bits per heavy atom. The number of fused-ring (bicyclic) bond motifs is 2. The van der Waals surface area contributed by atoms with Gasteiger partial charge in [0.1, 0.15) is 0 Å². The van der Waals surface area contributed by atoms with Crippen LogP contribution in [0.5, 0.6) is 0 Å². The summed E-state index contributed by atoms with van der Waals surface area (Å²) in [7, 11) is 0. The van der Waals surface area contributed by atoms with Gasteiger partial charge in [-0.1, -0.05) is 6.42 Å². The molecule has 3 atom stereocenters. The number of nitrogens with one attached hydrogen (secondary N) is 1. The van der Waals surface area contributed by atoms with E-state index in [0.29, 0.717) is 12.3 Å². The van der Waals surface area contributed by atoms with E-state index in [9.17, 15) is 4.79 Å². The van der Waals surface area contributed by atoms with Gasteiger partial charge in [0, 0.05) is 19.2 Å². The van der Waals surface area contributed by atoms with Gasteiger partial charge in [-0.25, -0.2) is 0 Å². The van der Waals surface area contributed by atoms with Crippen LogP contribution in [0, 0.1) is 17.8 Å². The predicted molar refractivity (Wildman–Crippen MR) is 70.1 cm³/mol. The highest BCUT2D eigenvalue weighted by atomic mass is 16.1. The van der Waals surface area contributed by atoms with Crippen molar-refractivity contribution >= 4 is 11.6 Å². The number of carbonyl (C=O) groups excluding carboxylic acids is 1. The fraction of sp³-hybridized carbons (Fsp3) is 0.714. The maximum absolute atomic E-state index is 12.0. The van der Waals surface area contributed by atoms with E-state index in [-0.39, 0.29) is 5.91 Å². The van der Waals surface area contributed by atoms with Crippen LogP contribution >= 0.6 is 0 Å². The van der Waals surface area contributed by atoms with Crippen LogP contribution < -0.4 is 5.32 Å². The number of carbonyl (C=O) groups is 1. The number of anilines is 1. The van der Waals surface area contributed by atoms with Gasteiger partial charge in [0.15, 0.2) is 0 Å². The summed E-state index contributed by atoms with van der Waals surface area (Å²) in [6, 6.07) is 0. The van der Waals surface area contributed by atoms with Crippen molar-refractivity contribution in [1.82, 2.24) is 9.78 Å². The Labute approximate surface area is 108 Å². The summed E-state index contributed by atoms with van der Waals surface area (Å²) in [6.07, 6.45) is 9.68. The lowest BCUT2D eigenvalue weighted by Crippen LogP contribution is -2.20. The number of hydrogen-bond donors (Lipinski definition) is 1.